The maximum atomic E-state index is 12.7. The third-order valence-electron chi connectivity index (χ3n) is 3.43. The molecular formula is C14H12ClN3O4. The van der Waals surface area contributed by atoms with Gasteiger partial charge in [0.25, 0.3) is 11.6 Å². The summed E-state index contributed by atoms with van der Waals surface area (Å²) in [4.78, 5) is 27.5. The molecule has 0 fully saturated rings. The lowest BCUT2D eigenvalue weighted by atomic mass is 10.2. The molecular weight excluding hydrogens is 310 g/mol. The van der Waals surface area contributed by atoms with E-state index in [4.69, 9.17) is 11.6 Å². The van der Waals surface area contributed by atoms with E-state index < -0.39 is 23.2 Å². The summed E-state index contributed by atoms with van der Waals surface area (Å²) in [7, 11) is 0. The Balaban J connectivity index is 2.63. The minimum absolute atomic E-state index is 0.159. The zero-order valence-electron chi connectivity index (χ0n) is 11.6. The molecule has 22 heavy (non-hydrogen) atoms. The molecule has 2 aromatic heterocycles. The monoisotopic (exact) mass is 321 g/mol. The molecule has 0 aliphatic carbocycles. The number of fused-ring (bicyclic) bond motifs is 3. The van der Waals surface area contributed by atoms with Crippen molar-refractivity contribution in [3.05, 3.63) is 39.3 Å². The van der Waals surface area contributed by atoms with Crippen LogP contribution in [0, 0.1) is 0 Å². The fourth-order valence-corrected chi connectivity index (χ4v) is 2.73. The van der Waals surface area contributed by atoms with E-state index in [0.29, 0.717) is 29.0 Å². The lowest BCUT2D eigenvalue weighted by Crippen LogP contribution is -2.24. The number of benzene rings is 1. The molecule has 8 heteroatoms. The van der Waals surface area contributed by atoms with Crippen LogP contribution in [0.5, 0.6) is 6.01 Å². The molecule has 2 heterocycles. The second kappa shape index (κ2) is 5.03. The number of nitrogens with zero attached hydrogens (tertiary/aromatic N) is 3. The van der Waals surface area contributed by atoms with Crippen molar-refractivity contribution in [2.75, 3.05) is 0 Å². The molecule has 7 nitrogen and oxygen atoms in total. The zero-order chi connectivity index (χ0) is 16.0. The van der Waals surface area contributed by atoms with Crippen molar-refractivity contribution >= 4 is 34.1 Å². The van der Waals surface area contributed by atoms with Crippen molar-refractivity contribution in [1.82, 2.24) is 14.0 Å². The number of aryl methyl sites for hydroxylation is 1. The fraction of sp³-hybridized carbons (Fsp3) is 0.214. The quantitative estimate of drug-likeness (QED) is 0.770. The number of carbonyl (C=O) groups is 1. The number of carboxylic acids is 1. The number of rotatable bonds is 3. The number of imidazole rings is 1. The van der Waals surface area contributed by atoms with Crippen molar-refractivity contribution in [2.45, 2.75) is 19.9 Å². The van der Waals surface area contributed by atoms with Gasteiger partial charge < -0.3 is 14.8 Å². The van der Waals surface area contributed by atoms with Crippen molar-refractivity contribution in [2.24, 2.45) is 0 Å². The van der Waals surface area contributed by atoms with Gasteiger partial charge in [-0.05, 0) is 24.6 Å². The molecule has 0 amide bonds. The van der Waals surface area contributed by atoms with Gasteiger partial charge in [0.2, 0.25) is 0 Å². The lowest BCUT2D eigenvalue weighted by Gasteiger charge is -2.12. The summed E-state index contributed by atoms with van der Waals surface area (Å²) in [5, 5.41) is 19.6. The van der Waals surface area contributed by atoms with Crippen molar-refractivity contribution in [3.63, 3.8) is 0 Å². The van der Waals surface area contributed by atoms with Crippen LogP contribution in [0.3, 0.4) is 0 Å². The Bertz CT molecular complexity index is 974. The van der Waals surface area contributed by atoms with Gasteiger partial charge in [0, 0.05) is 11.6 Å². The minimum Gasteiger partial charge on any atom is -0.480 e. The number of aromatic hydroxyl groups is 1. The number of hydrogen-bond donors (Lipinski definition) is 2. The summed E-state index contributed by atoms with van der Waals surface area (Å²) < 4.78 is 2.59. The van der Waals surface area contributed by atoms with Gasteiger partial charge in [-0.15, -0.1) is 0 Å². The summed E-state index contributed by atoms with van der Waals surface area (Å²) >= 11 is 5.99. The van der Waals surface area contributed by atoms with E-state index in [-0.39, 0.29) is 5.52 Å². The van der Waals surface area contributed by atoms with E-state index >= 15 is 0 Å². The van der Waals surface area contributed by atoms with Gasteiger partial charge >= 0.3 is 5.97 Å². The maximum absolute atomic E-state index is 12.7. The van der Waals surface area contributed by atoms with Gasteiger partial charge in [0.05, 0.1) is 11.0 Å². The fourth-order valence-electron chi connectivity index (χ4n) is 2.57. The smallest absolute Gasteiger partial charge is 0.357 e. The Kier molecular flexibility index (Phi) is 3.29. The molecule has 114 valence electrons. The average molecular weight is 322 g/mol. The highest BCUT2D eigenvalue weighted by Gasteiger charge is 2.23. The summed E-state index contributed by atoms with van der Waals surface area (Å²) in [5.74, 6) is -1.37. The second-order valence-electron chi connectivity index (χ2n) is 4.84. The summed E-state index contributed by atoms with van der Waals surface area (Å²) in [6, 6.07) is 4.28. The van der Waals surface area contributed by atoms with E-state index in [1.54, 1.807) is 18.2 Å². The molecule has 0 saturated carbocycles. The summed E-state index contributed by atoms with van der Waals surface area (Å²) in [6.45, 7) is 2.30. The number of aromatic carboxylic acids is 1. The van der Waals surface area contributed by atoms with Gasteiger partial charge in [-0.25, -0.2) is 4.79 Å². The molecule has 0 saturated heterocycles. The SMILES string of the molecule is CCCn1c(=O)c2c(C(=O)O)nc(O)n2c2ccc(Cl)cc21. The van der Waals surface area contributed by atoms with Gasteiger partial charge in [-0.1, -0.05) is 18.5 Å². The van der Waals surface area contributed by atoms with E-state index in [1.165, 1.54) is 4.57 Å². The molecule has 3 rings (SSSR count). The predicted molar refractivity (Wildman–Crippen MR) is 80.9 cm³/mol. The number of hydrogen-bond acceptors (Lipinski definition) is 4. The van der Waals surface area contributed by atoms with Crippen LogP contribution < -0.4 is 5.56 Å². The molecule has 1 aromatic carbocycles. The topological polar surface area (TPSA) is 96.8 Å². The first-order chi connectivity index (χ1) is 10.5. The van der Waals surface area contributed by atoms with E-state index in [2.05, 4.69) is 4.98 Å². The number of carboxylic acid groups (broad SMARTS) is 1. The van der Waals surface area contributed by atoms with E-state index in [9.17, 15) is 19.8 Å². The highest BCUT2D eigenvalue weighted by Crippen LogP contribution is 2.24. The molecule has 0 spiro atoms. The van der Waals surface area contributed by atoms with Crippen LogP contribution in [-0.4, -0.2) is 30.1 Å². The third-order valence-corrected chi connectivity index (χ3v) is 3.66. The molecule has 3 aromatic rings. The van der Waals surface area contributed by atoms with Gasteiger partial charge in [0.1, 0.15) is 5.52 Å². The van der Waals surface area contributed by atoms with Crippen molar-refractivity contribution < 1.29 is 15.0 Å². The first-order valence-corrected chi connectivity index (χ1v) is 7.00. The molecule has 2 N–H and O–H groups in total. The van der Waals surface area contributed by atoms with Crippen LogP contribution in [0.1, 0.15) is 23.8 Å². The maximum Gasteiger partial charge on any atom is 0.357 e. The van der Waals surface area contributed by atoms with E-state index in [1.807, 2.05) is 6.92 Å². The van der Waals surface area contributed by atoms with Crippen LogP contribution >= 0.6 is 11.6 Å². The summed E-state index contributed by atoms with van der Waals surface area (Å²) in [6.07, 6.45) is 0.681. The molecule has 0 atom stereocenters. The second-order valence-corrected chi connectivity index (χ2v) is 5.28. The third kappa shape index (κ3) is 1.93. The highest BCUT2D eigenvalue weighted by atomic mass is 35.5. The van der Waals surface area contributed by atoms with E-state index in [0.717, 1.165) is 4.40 Å². The predicted octanol–water partition coefficient (Wildman–Crippen LogP) is 2.12. The number of aromatic nitrogens is 3. The van der Waals surface area contributed by atoms with Crippen LogP contribution in [0.25, 0.3) is 16.6 Å². The molecule has 0 radical (unpaired) electrons. The molecule has 0 unspecified atom stereocenters. The molecule has 0 bridgehead atoms. The Labute approximate surface area is 129 Å². The largest absolute Gasteiger partial charge is 0.480 e. The molecule has 0 aliphatic rings. The Morgan fingerprint density at radius 2 is 2.09 bits per heavy atom. The van der Waals surface area contributed by atoms with Crippen LogP contribution in [-0.2, 0) is 6.54 Å². The van der Waals surface area contributed by atoms with Gasteiger partial charge in [-0.2, -0.15) is 4.98 Å². The first-order valence-electron chi connectivity index (χ1n) is 6.62. The average Bonchev–Trinajstić information content (AvgIpc) is 2.81. The molecule has 0 aliphatic heterocycles. The minimum atomic E-state index is -1.37. The Hall–Kier alpha value is -2.54. The van der Waals surface area contributed by atoms with Crippen LogP contribution in [0.4, 0.5) is 0 Å². The van der Waals surface area contributed by atoms with Crippen molar-refractivity contribution in [1.29, 1.82) is 0 Å². The van der Waals surface area contributed by atoms with Gasteiger partial charge in [-0.3, -0.25) is 9.20 Å². The standard InChI is InChI=1S/C14H12ClN3O4/c1-2-5-17-9-6-7(15)3-4-8(9)18-11(12(17)19)10(13(20)21)16-14(18)22/h3-4,6H,2,5H2,1H3,(H,16,22)(H,20,21). The Morgan fingerprint density at radius 1 is 1.36 bits per heavy atom. The number of halogens is 1. The van der Waals surface area contributed by atoms with Gasteiger partial charge in [0.15, 0.2) is 5.69 Å². The highest BCUT2D eigenvalue weighted by molar-refractivity contribution is 6.31. The summed E-state index contributed by atoms with van der Waals surface area (Å²) in [5.41, 5.74) is -0.180. The van der Waals surface area contributed by atoms with Crippen molar-refractivity contribution in [3.8, 4) is 6.01 Å². The normalized spacial score (nSPS) is 11.4. The zero-order valence-corrected chi connectivity index (χ0v) is 12.3. The lowest BCUT2D eigenvalue weighted by molar-refractivity contribution is 0.0692. The van der Waals surface area contributed by atoms with Crippen LogP contribution in [0.2, 0.25) is 5.02 Å². The Morgan fingerprint density at radius 3 is 2.73 bits per heavy atom. The first kappa shape index (κ1) is 14.4. The van der Waals surface area contributed by atoms with Crippen LogP contribution in [0.15, 0.2) is 23.0 Å².